The second-order valence-corrected chi connectivity index (χ2v) is 35.9. The molecule has 0 aromatic carbocycles. The van der Waals surface area contributed by atoms with Crippen LogP contribution in [-0.2, 0) is 85.4 Å². The summed E-state index contributed by atoms with van der Waals surface area (Å²) < 4.78 is 97.0. The summed E-state index contributed by atoms with van der Waals surface area (Å²) in [5, 5.41) is 211. The molecule has 8 saturated heterocycles. The molecule has 8 heterocycles. The zero-order valence-electron chi connectivity index (χ0n) is 64.2. The highest BCUT2D eigenvalue weighted by molar-refractivity contribution is 5.79. The minimum atomic E-state index is -2.20. The van der Waals surface area contributed by atoms with Crippen LogP contribution < -0.4 is 5.32 Å². The maximum atomic E-state index is 16.0. The molecule has 20 N–H and O–H groups in total. The number of hydrogen-bond acceptors (Lipinski definition) is 37. The van der Waals surface area contributed by atoms with Crippen LogP contribution in [-0.4, -0.2) is 377 Å². The fraction of sp³-hybridized carbons (Fsp3) is 0.946. The molecule has 4 saturated carbocycles. The van der Waals surface area contributed by atoms with Gasteiger partial charge in [0.2, 0.25) is 12.2 Å². The molecule has 1 amide bonds. The average Bonchev–Trinajstić information content (AvgIpc) is 0.764. The molecule has 0 spiro atoms. The van der Waals surface area contributed by atoms with Gasteiger partial charge >= 0.3 is 5.97 Å². The molecule has 642 valence electrons. The summed E-state index contributed by atoms with van der Waals surface area (Å²) in [7, 11) is 0. The second-order valence-electron chi connectivity index (χ2n) is 35.9. The highest BCUT2D eigenvalue weighted by atomic mass is 16.8. The first-order valence-electron chi connectivity index (χ1n) is 39.2. The summed E-state index contributed by atoms with van der Waals surface area (Å²) in [5.74, 6) is -1.74. The lowest BCUT2D eigenvalue weighted by Gasteiger charge is -2.71. The number of aliphatic hydroxyl groups excluding tert-OH is 17. The van der Waals surface area contributed by atoms with Gasteiger partial charge in [-0.15, -0.1) is 0 Å². The Kier molecular flexibility index (Phi) is 25.7. The first-order chi connectivity index (χ1) is 52.6. The van der Waals surface area contributed by atoms with Gasteiger partial charge in [0.1, 0.15) is 139 Å². The average molecular weight is 1610 g/mol. The number of carbonyl (C=O) groups excluding carboxylic acids is 2. The van der Waals surface area contributed by atoms with Gasteiger partial charge in [0.15, 0.2) is 50.1 Å². The van der Waals surface area contributed by atoms with Crippen LogP contribution in [0.4, 0.5) is 0 Å². The topological polar surface area (TPSA) is 578 Å². The fourth-order valence-electron chi connectivity index (χ4n) is 21.1. The number of rotatable bonds is 21. The molecule has 5 aliphatic carbocycles. The van der Waals surface area contributed by atoms with Crippen molar-refractivity contribution in [3.63, 3.8) is 0 Å². The van der Waals surface area contributed by atoms with Gasteiger partial charge in [0.25, 0.3) is 0 Å². The molecule has 38 heteroatoms. The van der Waals surface area contributed by atoms with Crippen LogP contribution in [0.25, 0.3) is 0 Å². The highest BCUT2D eigenvalue weighted by Gasteiger charge is 2.71. The lowest BCUT2D eigenvalue weighted by Crippen LogP contribution is -2.69. The SMILES string of the molecule is CC(=O)N[C@H]1[C@H](O[C@H]2CC[C@]3(C)[C@H]4CC=C5[C@@H]6CC(C)(C)CC[C@]6(C(=O)O[C@@H]6O[C@H](CO)[C@@H](O[C@@H]7OC[C@](O)(CO)[C@H]7O)[C@H](O)[C@H]6O[C@@H]6OC[C@@H](O)[C@H](O[C@@H]7OC[C@](O)(CO)[C@H]7O)[C@H]6O)CC[C@@]5(C)[C@]4(C)CC[C@H]3C2(C)C)O[C@H](CO[C@@H]2OC[C@@H](O)[C@@H](O)[C@@H]2O[C@@H]2OC[C@@H](O)[C@H](O)[C@H]2O)[C@@H](O)[C@@H]1O[C@@H]1OC[C@@H](O)[C@@H](O)[C@@H]1O. The number of carbonyl (C=O) groups is 2. The third-order valence-corrected chi connectivity index (χ3v) is 28.1. The molecule has 13 rings (SSSR count). The maximum Gasteiger partial charge on any atom is 0.315 e. The quantitative estimate of drug-likeness (QED) is 0.0289. The summed E-state index contributed by atoms with van der Waals surface area (Å²) in [5.41, 5.74) is -6.77. The Bertz CT molecular complexity index is 3270. The standard InChI is InChI=1S/C74H119NO37/c1-30(79)75-42-53(109-59-47(88)43(84)33(80)21-97-59)46(87)38(25-101-62-54(45(86)35(82)23-100-62)110-60-48(89)44(85)34(81)22-98-60)105-58(42)106-41-12-13-69(6)39(68(41,4)5)11-14-71(8)40(69)10-9-31-32-19-67(2,3)15-17-72(32,18-16-70(31,71)7)66(94)112-63-55(49(90)52(37(20-76)104-63)108-65-57(93)74(96,27-78)29-103-65)111-61-50(91)51(36(83)24-99-61)107-64-56(92)73(95,26-77)28-102-64/h9,32-65,76-78,80-93,95-96H,10-29H2,1-8H3,(H,75,79)/t32-,33+,34+,35+,36+,37+,38+,39-,40+,41-,42+,43+,44-,45+,46+,47-,48+,49-,50+,51-,52+,53+,54-,55+,56-,57-,58-,59-,60-,61-,62-,63-,64-,65-,69-,70+,71+,72-,73+,74+/m0/s1. The Morgan fingerprint density at radius 1 is 0.491 bits per heavy atom. The normalized spacial score (nSPS) is 52.8. The lowest BCUT2D eigenvalue weighted by molar-refractivity contribution is -0.370. The predicted molar refractivity (Wildman–Crippen MR) is 369 cm³/mol. The molecule has 38 nitrogen and oxygen atoms in total. The van der Waals surface area contributed by atoms with E-state index in [9.17, 15) is 102 Å². The van der Waals surface area contributed by atoms with E-state index in [1.807, 2.05) is 0 Å². The highest BCUT2D eigenvalue weighted by Crippen LogP contribution is 2.76. The van der Waals surface area contributed by atoms with Crippen molar-refractivity contribution in [3.05, 3.63) is 11.6 Å². The Labute approximate surface area is 646 Å². The zero-order valence-corrected chi connectivity index (χ0v) is 64.2. The number of ether oxygens (including phenoxy) is 16. The number of hydrogen-bond donors (Lipinski definition) is 20. The van der Waals surface area contributed by atoms with Crippen LogP contribution in [0.5, 0.6) is 0 Å². The largest absolute Gasteiger partial charge is 0.432 e. The minimum absolute atomic E-state index is 0.0438. The van der Waals surface area contributed by atoms with Crippen molar-refractivity contribution in [1.82, 2.24) is 5.32 Å². The van der Waals surface area contributed by atoms with Crippen LogP contribution in [0.3, 0.4) is 0 Å². The summed E-state index contributed by atoms with van der Waals surface area (Å²) in [6.07, 6.45) is -42.6. The Balaban J connectivity index is 0.756. The summed E-state index contributed by atoms with van der Waals surface area (Å²) >= 11 is 0. The van der Waals surface area contributed by atoms with Crippen molar-refractivity contribution in [2.75, 3.05) is 66.1 Å². The molecular weight excluding hydrogens is 1490 g/mol. The van der Waals surface area contributed by atoms with E-state index < -0.39 is 307 Å². The van der Waals surface area contributed by atoms with Gasteiger partial charge in [0.05, 0.1) is 77.6 Å². The van der Waals surface area contributed by atoms with Gasteiger partial charge in [-0.2, -0.15) is 0 Å². The third-order valence-electron chi connectivity index (χ3n) is 28.1. The number of allylic oxidation sites excluding steroid dienone is 2. The molecule has 112 heavy (non-hydrogen) atoms. The molecule has 13 aliphatic rings. The number of esters is 1. The number of aliphatic hydroxyl groups is 19. The molecular formula is C74H119NO37. The van der Waals surface area contributed by atoms with E-state index in [1.165, 1.54) is 6.92 Å². The van der Waals surface area contributed by atoms with E-state index in [0.29, 0.717) is 57.8 Å². The number of nitrogens with one attached hydrogen (secondary N) is 1. The van der Waals surface area contributed by atoms with E-state index >= 15 is 4.79 Å². The van der Waals surface area contributed by atoms with Crippen molar-refractivity contribution in [3.8, 4) is 0 Å². The number of amides is 1. The molecule has 0 aromatic heterocycles. The van der Waals surface area contributed by atoms with E-state index in [0.717, 1.165) is 12.0 Å². The molecule has 8 aliphatic heterocycles. The first kappa shape index (κ1) is 87.1. The Hall–Kier alpha value is -2.68. The van der Waals surface area contributed by atoms with E-state index in [-0.39, 0.29) is 22.7 Å². The Morgan fingerprint density at radius 3 is 1.58 bits per heavy atom. The van der Waals surface area contributed by atoms with Gasteiger partial charge in [-0.05, 0) is 109 Å². The van der Waals surface area contributed by atoms with E-state index in [1.54, 1.807) is 0 Å². The number of fused-ring (bicyclic) bond motifs is 7. The van der Waals surface area contributed by atoms with Crippen molar-refractivity contribution < 1.29 is 182 Å². The van der Waals surface area contributed by atoms with Crippen molar-refractivity contribution in [1.29, 1.82) is 0 Å². The minimum Gasteiger partial charge on any atom is -0.432 e. The van der Waals surface area contributed by atoms with Gasteiger partial charge in [-0.25, -0.2) is 0 Å². The molecule has 0 unspecified atom stereocenters. The van der Waals surface area contributed by atoms with Crippen LogP contribution >= 0.6 is 0 Å². The van der Waals surface area contributed by atoms with Crippen LogP contribution in [0.15, 0.2) is 11.6 Å². The smallest absolute Gasteiger partial charge is 0.315 e. The molecule has 0 aromatic rings. The summed E-state index contributed by atoms with van der Waals surface area (Å²) in [4.78, 5) is 29.4. The van der Waals surface area contributed by atoms with Crippen LogP contribution in [0, 0.1) is 50.2 Å². The summed E-state index contributed by atoms with van der Waals surface area (Å²) in [6, 6.07) is -1.37. The predicted octanol–water partition coefficient (Wildman–Crippen LogP) is -6.76. The third kappa shape index (κ3) is 15.5. The maximum absolute atomic E-state index is 16.0. The Morgan fingerprint density at radius 2 is 1.01 bits per heavy atom. The summed E-state index contributed by atoms with van der Waals surface area (Å²) in [6.45, 7) is 10.1. The van der Waals surface area contributed by atoms with Crippen LogP contribution in [0.1, 0.15) is 120 Å². The monoisotopic (exact) mass is 1610 g/mol. The molecule has 12 fully saturated rings. The first-order valence-corrected chi connectivity index (χ1v) is 39.2. The zero-order chi connectivity index (χ0) is 81.2. The van der Waals surface area contributed by atoms with Crippen molar-refractivity contribution in [2.45, 2.75) is 321 Å². The van der Waals surface area contributed by atoms with Gasteiger partial charge in [0, 0.05) is 6.92 Å². The van der Waals surface area contributed by atoms with Crippen molar-refractivity contribution in [2.24, 2.45) is 50.2 Å². The molecule has 40 atom stereocenters. The van der Waals surface area contributed by atoms with Gasteiger partial charge in [-0.1, -0.05) is 60.1 Å². The lowest BCUT2D eigenvalue weighted by atomic mass is 9.33. The van der Waals surface area contributed by atoms with E-state index in [2.05, 4.69) is 59.9 Å². The van der Waals surface area contributed by atoms with Crippen molar-refractivity contribution >= 4 is 11.9 Å². The van der Waals surface area contributed by atoms with Gasteiger partial charge in [-0.3, -0.25) is 9.59 Å². The molecule has 0 bridgehead atoms. The van der Waals surface area contributed by atoms with E-state index in [4.69, 9.17) is 75.8 Å². The fourth-order valence-corrected chi connectivity index (χ4v) is 21.1. The van der Waals surface area contributed by atoms with Gasteiger partial charge < -0.3 is 178 Å². The molecule has 0 radical (unpaired) electrons. The van der Waals surface area contributed by atoms with Crippen LogP contribution in [0.2, 0.25) is 0 Å². The second kappa shape index (κ2) is 33.0.